The summed E-state index contributed by atoms with van der Waals surface area (Å²) in [6.45, 7) is 0. The maximum Gasteiger partial charge on any atom is 0.192 e. The molecule has 1 aliphatic rings. The highest BCUT2D eigenvalue weighted by Crippen LogP contribution is 2.42. The van der Waals surface area contributed by atoms with Crippen LogP contribution in [0.25, 0.3) is 0 Å². The van der Waals surface area contributed by atoms with Crippen LogP contribution in [0.2, 0.25) is 0 Å². The van der Waals surface area contributed by atoms with Gasteiger partial charge in [-0.2, -0.15) is 5.11 Å². The molecule has 0 bridgehead atoms. The van der Waals surface area contributed by atoms with Gasteiger partial charge in [-0.25, -0.2) is 0 Å². The van der Waals surface area contributed by atoms with Gasteiger partial charge in [0.25, 0.3) is 0 Å². The van der Waals surface area contributed by atoms with E-state index in [4.69, 9.17) is 0 Å². The fourth-order valence-electron chi connectivity index (χ4n) is 2.60. The third-order valence-electron chi connectivity index (χ3n) is 3.88. The van der Waals surface area contributed by atoms with E-state index in [1.165, 1.54) is 36.4 Å². The van der Waals surface area contributed by atoms with Crippen molar-refractivity contribution in [3.05, 3.63) is 78.1 Å². The third kappa shape index (κ3) is 2.53. The lowest BCUT2D eigenvalue weighted by Gasteiger charge is -2.33. The molecule has 0 amide bonds. The van der Waals surface area contributed by atoms with Crippen molar-refractivity contribution >= 4 is 5.69 Å². The van der Waals surface area contributed by atoms with Gasteiger partial charge < -0.3 is 20.4 Å². The van der Waals surface area contributed by atoms with Crippen LogP contribution in [0.15, 0.2) is 82.7 Å². The molecule has 2 unspecified atom stereocenters. The topological polar surface area (TPSA) is 106 Å². The first-order valence-electron chi connectivity index (χ1n) is 7.31. The van der Waals surface area contributed by atoms with Crippen molar-refractivity contribution in [1.82, 2.24) is 0 Å². The monoisotopic (exact) mass is 324 g/mol. The van der Waals surface area contributed by atoms with Crippen molar-refractivity contribution in [2.24, 2.45) is 10.2 Å². The minimum absolute atomic E-state index is 0.137. The number of hydrogen-bond acceptors (Lipinski definition) is 6. The Morgan fingerprint density at radius 2 is 1.54 bits per heavy atom. The summed E-state index contributed by atoms with van der Waals surface area (Å²) < 4.78 is 0. The van der Waals surface area contributed by atoms with Gasteiger partial charge >= 0.3 is 0 Å². The molecule has 3 rings (SSSR count). The van der Waals surface area contributed by atoms with Crippen LogP contribution in [0, 0.1) is 0 Å². The summed E-state index contributed by atoms with van der Waals surface area (Å²) in [5.41, 5.74) is -1.17. The Morgan fingerprint density at radius 1 is 0.875 bits per heavy atom. The number of rotatable bonds is 3. The Hall–Kier alpha value is -3.12. The van der Waals surface area contributed by atoms with Gasteiger partial charge in [-0.05, 0) is 23.8 Å². The highest BCUT2D eigenvalue weighted by atomic mass is 16.3. The zero-order chi connectivity index (χ0) is 17.2. The van der Waals surface area contributed by atoms with Gasteiger partial charge in [0.05, 0.1) is 0 Å². The standard InChI is InChI=1S/C18H16N2O4/c21-13-8-4-9-14(22)17(13)19-20-18(12-6-2-1-3-7-12)15(23)10-5-11-16(18)24/h1-11,15,21-24H. The smallest absolute Gasteiger partial charge is 0.192 e. The van der Waals surface area contributed by atoms with Gasteiger partial charge in [0.15, 0.2) is 11.2 Å². The Morgan fingerprint density at radius 3 is 2.17 bits per heavy atom. The molecule has 0 saturated heterocycles. The molecule has 0 radical (unpaired) electrons. The number of azo groups is 1. The largest absolute Gasteiger partial charge is 0.509 e. The van der Waals surface area contributed by atoms with Gasteiger partial charge in [-0.1, -0.05) is 48.6 Å². The molecule has 0 heterocycles. The van der Waals surface area contributed by atoms with Crippen LogP contribution < -0.4 is 0 Å². The molecule has 24 heavy (non-hydrogen) atoms. The molecule has 6 heteroatoms. The fraction of sp³-hybridized carbons (Fsp3) is 0.111. The second-order valence-electron chi connectivity index (χ2n) is 5.36. The maximum absolute atomic E-state index is 10.5. The molecule has 2 aromatic carbocycles. The molecule has 0 fully saturated rings. The van der Waals surface area contributed by atoms with Crippen molar-refractivity contribution in [3.63, 3.8) is 0 Å². The average molecular weight is 324 g/mol. The van der Waals surface area contributed by atoms with Crippen LogP contribution in [-0.4, -0.2) is 26.5 Å². The van der Waals surface area contributed by atoms with E-state index in [9.17, 15) is 20.4 Å². The lowest BCUT2D eigenvalue weighted by atomic mass is 9.80. The quantitative estimate of drug-likeness (QED) is 0.649. The summed E-state index contributed by atoms with van der Waals surface area (Å²) in [5.74, 6) is -0.708. The number of aliphatic hydroxyl groups excluding tert-OH is 2. The molecule has 6 nitrogen and oxygen atoms in total. The number of aromatic hydroxyl groups is 2. The zero-order valence-electron chi connectivity index (χ0n) is 12.6. The molecule has 0 saturated carbocycles. The highest BCUT2D eigenvalue weighted by Gasteiger charge is 2.45. The molecule has 2 aromatic rings. The van der Waals surface area contributed by atoms with E-state index in [0.717, 1.165) is 0 Å². The van der Waals surface area contributed by atoms with Crippen molar-refractivity contribution in [2.75, 3.05) is 0 Å². The van der Waals surface area contributed by atoms with Crippen LogP contribution >= 0.6 is 0 Å². The predicted molar refractivity (Wildman–Crippen MR) is 88.3 cm³/mol. The van der Waals surface area contributed by atoms with Gasteiger partial charge in [0, 0.05) is 0 Å². The predicted octanol–water partition coefficient (Wildman–Crippen LogP) is 3.45. The van der Waals surface area contributed by atoms with Crippen molar-refractivity contribution < 1.29 is 20.4 Å². The van der Waals surface area contributed by atoms with Gasteiger partial charge in [0.1, 0.15) is 23.4 Å². The van der Waals surface area contributed by atoms with Crippen LogP contribution in [-0.2, 0) is 5.54 Å². The fourth-order valence-corrected chi connectivity index (χ4v) is 2.60. The van der Waals surface area contributed by atoms with E-state index in [0.29, 0.717) is 5.56 Å². The number of phenols is 2. The van der Waals surface area contributed by atoms with Crippen molar-refractivity contribution in [3.8, 4) is 11.5 Å². The third-order valence-corrected chi connectivity index (χ3v) is 3.88. The summed E-state index contributed by atoms with van der Waals surface area (Å²) in [6.07, 6.45) is 3.26. The average Bonchev–Trinajstić information content (AvgIpc) is 2.58. The zero-order valence-corrected chi connectivity index (χ0v) is 12.6. The molecule has 4 N–H and O–H groups in total. The van der Waals surface area contributed by atoms with E-state index in [1.807, 2.05) is 0 Å². The van der Waals surface area contributed by atoms with E-state index in [-0.39, 0.29) is 22.9 Å². The molecule has 1 aliphatic carbocycles. The number of allylic oxidation sites excluding steroid dienone is 2. The van der Waals surface area contributed by atoms with Crippen LogP contribution in [0.5, 0.6) is 11.5 Å². The second kappa shape index (κ2) is 6.17. The Bertz CT molecular complexity index is 810. The van der Waals surface area contributed by atoms with Crippen molar-refractivity contribution in [2.45, 2.75) is 11.6 Å². The first-order chi connectivity index (χ1) is 11.6. The molecule has 122 valence electrons. The minimum Gasteiger partial charge on any atom is -0.509 e. The van der Waals surface area contributed by atoms with Crippen LogP contribution in [0.3, 0.4) is 0 Å². The molecule has 0 spiro atoms. The van der Waals surface area contributed by atoms with E-state index < -0.39 is 11.6 Å². The lowest BCUT2D eigenvalue weighted by molar-refractivity contribution is 0.109. The summed E-state index contributed by atoms with van der Waals surface area (Å²) in [7, 11) is 0. The number of aliphatic hydroxyl groups is 2. The molecule has 0 aliphatic heterocycles. The Labute approximate surface area is 138 Å². The van der Waals surface area contributed by atoms with Crippen LogP contribution in [0.4, 0.5) is 5.69 Å². The first kappa shape index (κ1) is 15.8. The van der Waals surface area contributed by atoms with Gasteiger partial charge in [-0.15, -0.1) is 5.11 Å². The normalized spacial score (nSPS) is 23.4. The van der Waals surface area contributed by atoms with Crippen molar-refractivity contribution in [1.29, 1.82) is 0 Å². The van der Waals surface area contributed by atoms with E-state index in [2.05, 4.69) is 10.2 Å². The van der Waals surface area contributed by atoms with E-state index >= 15 is 0 Å². The van der Waals surface area contributed by atoms with Crippen LogP contribution in [0.1, 0.15) is 5.56 Å². The summed E-state index contributed by atoms with van der Waals surface area (Å²) >= 11 is 0. The maximum atomic E-state index is 10.5. The number of phenolic OH excluding ortho intramolecular Hbond substituents is 2. The Kier molecular flexibility index (Phi) is 4.05. The number of hydrogen-bond donors (Lipinski definition) is 4. The second-order valence-corrected chi connectivity index (χ2v) is 5.36. The van der Waals surface area contributed by atoms with Gasteiger partial charge in [-0.3, -0.25) is 0 Å². The summed E-state index contributed by atoms with van der Waals surface area (Å²) in [4.78, 5) is 0. The van der Waals surface area contributed by atoms with Gasteiger partial charge in [0.2, 0.25) is 0 Å². The summed E-state index contributed by atoms with van der Waals surface area (Å²) in [6, 6.07) is 12.9. The van der Waals surface area contributed by atoms with E-state index in [1.54, 1.807) is 30.3 Å². The highest BCUT2D eigenvalue weighted by molar-refractivity contribution is 5.60. The SMILES string of the molecule is OC1=CC=CC(O)C1(N=Nc1c(O)cccc1O)c1ccccc1. The number of nitrogens with zero attached hydrogens (tertiary/aromatic N) is 2. The number of benzene rings is 2. The molecule has 2 atom stereocenters. The first-order valence-corrected chi connectivity index (χ1v) is 7.31. The lowest BCUT2D eigenvalue weighted by Crippen LogP contribution is -2.39. The molecular formula is C18H16N2O4. The Balaban J connectivity index is 2.16. The summed E-state index contributed by atoms with van der Waals surface area (Å²) in [5, 5.41) is 48.6. The minimum atomic E-state index is -1.55. The molecular weight excluding hydrogens is 308 g/mol. The molecule has 0 aromatic heterocycles.